The summed E-state index contributed by atoms with van der Waals surface area (Å²) in [5.74, 6) is -0.989. The van der Waals surface area contributed by atoms with E-state index in [1.165, 1.54) is 16.7 Å². The summed E-state index contributed by atoms with van der Waals surface area (Å²) in [4.78, 5) is 10.2. The number of nitrogens with zero attached hydrogens (tertiary/aromatic N) is 1. The molecule has 0 saturated heterocycles. The molecule has 0 atom stereocenters. The van der Waals surface area contributed by atoms with Crippen LogP contribution in [0, 0.1) is 0 Å². The van der Waals surface area contributed by atoms with Crippen molar-refractivity contribution in [3.8, 4) is 11.8 Å². The van der Waals surface area contributed by atoms with E-state index in [2.05, 4.69) is 0 Å². The molecular weight excluding hydrogens is 174 g/mol. The fourth-order valence-electron chi connectivity index (χ4n) is 1.06. The molecule has 0 unspecified atom stereocenters. The van der Waals surface area contributed by atoms with Crippen molar-refractivity contribution in [1.82, 2.24) is 4.57 Å². The standard InChI is InChI=1S/C8H11NO4/c10-6-3-4-7(11)9(6)5-1-2-8(12)13/h3-4,10-11H,1-2,5H2,(H,12,13). The number of carboxylic acid groups (broad SMARTS) is 1. The van der Waals surface area contributed by atoms with Crippen LogP contribution in [0.5, 0.6) is 11.8 Å². The van der Waals surface area contributed by atoms with Gasteiger partial charge in [0.15, 0.2) is 11.8 Å². The maximum Gasteiger partial charge on any atom is 0.303 e. The van der Waals surface area contributed by atoms with Crippen LogP contribution in [0.3, 0.4) is 0 Å². The number of carboxylic acids is 1. The van der Waals surface area contributed by atoms with Gasteiger partial charge in [-0.05, 0) is 6.42 Å². The Labute approximate surface area is 74.9 Å². The molecule has 0 radical (unpaired) electrons. The number of carbonyl (C=O) groups is 1. The minimum atomic E-state index is -0.883. The second-order valence-corrected chi connectivity index (χ2v) is 2.70. The van der Waals surface area contributed by atoms with Crippen LogP contribution in [-0.2, 0) is 11.3 Å². The molecule has 1 aromatic heterocycles. The maximum absolute atomic E-state index is 10.2. The minimum Gasteiger partial charge on any atom is -0.494 e. The van der Waals surface area contributed by atoms with Crippen LogP contribution in [0.15, 0.2) is 12.1 Å². The van der Waals surface area contributed by atoms with Gasteiger partial charge in [0.05, 0.1) is 0 Å². The maximum atomic E-state index is 10.2. The number of aromatic nitrogens is 1. The molecule has 0 fully saturated rings. The van der Waals surface area contributed by atoms with Crippen molar-refractivity contribution in [3.05, 3.63) is 12.1 Å². The Morgan fingerprint density at radius 3 is 2.31 bits per heavy atom. The van der Waals surface area contributed by atoms with Crippen LogP contribution >= 0.6 is 0 Å². The summed E-state index contributed by atoms with van der Waals surface area (Å²) in [5, 5.41) is 26.7. The van der Waals surface area contributed by atoms with E-state index in [0.717, 1.165) is 0 Å². The summed E-state index contributed by atoms with van der Waals surface area (Å²) >= 11 is 0. The van der Waals surface area contributed by atoms with Crippen LogP contribution in [0.4, 0.5) is 0 Å². The first-order valence-corrected chi connectivity index (χ1v) is 3.90. The predicted molar refractivity (Wildman–Crippen MR) is 44.6 cm³/mol. The number of aliphatic carboxylic acids is 1. The van der Waals surface area contributed by atoms with Crippen molar-refractivity contribution in [2.75, 3.05) is 0 Å². The average molecular weight is 185 g/mol. The Morgan fingerprint density at radius 2 is 1.85 bits per heavy atom. The molecule has 72 valence electrons. The first-order valence-electron chi connectivity index (χ1n) is 3.90. The molecule has 1 heterocycles. The molecule has 3 N–H and O–H groups in total. The van der Waals surface area contributed by atoms with Gasteiger partial charge >= 0.3 is 5.97 Å². The number of aromatic hydroxyl groups is 2. The number of hydrogen-bond acceptors (Lipinski definition) is 3. The van der Waals surface area contributed by atoms with Gasteiger partial charge < -0.3 is 15.3 Å². The normalized spacial score (nSPS) is 10.2. The lowest BCUT2D eigenvalue weighted by Gasteiger charge is -2.04. The van der Waals surface area contributed by atoms with E-state index in [9.17, 15) is 4.79 Å². The average Bonchev–Trinajstić information content (AvgIpc) is 2.34. The quantitative estimate of drug-likeness (QED) is 0.646. The molecule has 5 heteroatoms. The van der Waals surface area contributed by atoms with Crippen LogP contribution in [-0.4, -0.2) is 25.9 Å². The van der Waals surface area contributed by atoms with Crippen molar-refractivity contribution in [3.63, 3.8) is 0 Å². The van der Waals surface area contributed by atoms with E-state index >= 15 is 0 Å². The van der Waals surface area contributed by atoms with Gasteiger partial charge in [-0.25, -0.2) is 0 Å². The van der Waals surface area contributed by atoms with Gasteiger partial charge in [-0.3, -0.25) is 9.36 Å². The zero-order valence-electron chi connectivity index (χ0n) is 6.97. The van der Waals surface area contributed by atoms with Crippen LogP contribution in [0.2, 0.25) is 0 Å². The molecule has 0 aromatic carbocycles. The lowest BCUT2D eigenvalue weighted by molar-refractivity contribution is -0.137. The molecular formula is C8H11NO4. The van der Waals surface area contributed by atoms with Crippen molar-refractivity contribution in [1.29, 1.82) is 0 Å². The van der Waals surface area contributed by atoms with Gasteiger partial charge in [0, 0.05) is 25.1 Å². The SMILES string of the molecule is O=C(O)CCCn1c(O)ccc1O. The summed E-state index contributed by atoms with van der Waals surface area (Å²) < 4.78 is 1.25. The van der Waals surface area contributed by atoms with E-state index < -0.39 is 5.97 Å². The summed E-state index contributed by atoms with van der Waals surface area (Å²) in [5.41, 5.74) is 0. The van der Waals surface area contributed by atoms with Gasteiger partial charge in [-0.2, -0.15) is 0 Å². The van der Waals surface area contributed by atoms with Crippen molar-refractivity contribution < 1.29 is 20.1 Å². The molecule has 1 aromatic rings. The molecule has 0 aliphatic carbocycles. The highest BCUT2D eigenvalue weighted by Gasteiger charge is 2.05. The van der Waals surface area contributed by atoms with Crippen LogP contribution in [0.25, 0.3) is 0 Å². The van der Waals surface area contributed by atoms with Gasteiger partial charge in [-0.1, -0.05) is 0 Å². The molecule has 0 aliphatic heterocycles. The summed E-state index contributed by atoms with van der Waals surface area (Å²) in [6, 6.07) is 2.71. The Balaban J connectivity index is 2.49. The van der Waals surface area contributed by atoms with Crippen LogP contribution in [0.1, 0.15) is 12.8 Å². The first kappa shape index (κ1) is 9.44. The summed E-state index contributed by atoms with van der Waals surface area (Å²) in [6.07, 6.45) is 0.405. The van der Waals surface area contributed by atoms with E-state index in [0.29, 0.717) is 13.0 Å². The molecule has 0 saturated carbocycles. The highest BCUT2D eigenvalue weighted by atomic mass is 16.4. The Kier molecular flexibility index (Phi) is 2.79. The highest BCUT2D eigenvalue weighted by molar-refractivity contribution is 5.66. The third-order valence-corrected chi connectivity index (χ3v) is 1.71. The topological polar surface area (TPSA) is 82.7 Å². The zero-order valence-corrected chi connectivity index (χ0v) is 6.97. The second-order valence-electron chi connectivity index (χ2n) is 2.70. The lowest BCUT2D eigenvalue weighted by atomic mass is 10.3. The lowest BCUT2D eigenvalue weighted by Crippen LogP contribution is -2.00. The molecule has 1 rings (SSSR count). The fraction of sp³-hybridized carbons (Fsp3) is 0.375. The highest BCUT2D eigenvalue weighted by Crippen LogP contribution is 2.21. The molecule has 0 spiro atoms. The third kappa shape index (κ3) is 2.40. The predicted octanol–water partition coefficient (Wildman–Crippen LogP) is 0.764. The van der Waals surface area contributed by atoms with Gasteiger partial charge in [0.25, 0.3) is 0 Å². The zero-order chi connectivity index (χ0) is 9.84. The molecule has 0 bridgehead atoms. The Morgan fingerprint density at radius 1 is 1.31 bits per heavy atom. The minimum absolute atomic E-state index is 0.0249. The van der Waals surface area contributed by atoms with E-state index in [1.807, 2.05) is 0 Å². The number of hydrogen-bond donors (Lipinski definition) is 3. The van der Waals surface area contributed by atoms with Crippen molar-refractivity contribution >= 4 is 5.97 Å². The monoisotopic (exact) mass is 185 g/mol. The van der Waals surface area contributed by atoms with Crippen molar-refractivity contribution in [2.45, 2.75) is 19.4 Å². The van der Waals surface area contributed by atoms with Gasteiger partial charge in [-0.15, -0.1) is 0 Å². The second kappa shape index (κ2) is 3.84. The smallest absolute Gasteiger partial charge is 0.303 e. The summed E-state index contributed by atoms with van der Waals surface area (Å²) in [7, 11) is 0. The molecule has 13 heavy (non-hydrogen) atoms. The number of rotatable bonds is 4. The first-order chi connectivity index (χ1) is 6.11. The Bertz CT molecular complexity index is 286. The van der Waals surface area contributed by atoms with Crippen LogP contribution < -0.4 is 0 Å². The van der Waals surface area contributed by atoms with E-state index in [1.54, 1.807) is 0 Å². The van der Waals surface area contributed by atoms with Crippen molar-refractivity contribution in [2.24, 2.45) is 0 Å². The van der Waals surface area contributed by atoms with E-state index in [4.69, 9.17) is 15.3 Å². The molecule has 0 amide bonds. The van der Waals surface area contributed by atoms with Gasteiger partial charge in [0.1, 0.15) is 0 Å². The Hall–Kier alpha value is -1.65. The largest absolute Gasteiger partial charge is 0.494 e. The van der Waals surface area contributed by atoms with Gasteiger partial charge in [0.2, 0.25) is 0 Å². The van der Waals surface area contributed by atoms with E-state index in [-0.39, 0.29) is 18.2 Å². The molecule has 5 nitrogen and oxygen atoms in total. The molecule has 0 aliphatic rings. The summed E-state index contributed by atoms with van der Waals surface area (Å²) in [6.45, 7) is 0.303. The third-order valence-electron chi connectivity index (χ3n) is 1.71. The fourth-order valence-corrected chi connectivity index (χ4v) is 1.06.